The fourth-order valence-corrected chi connectivity index (χ4v) is 2.36. The summed E-state index contributed by atoms with van der Waals surface area (Å²) in [5.41, 5.74) is 1.85. The first kappa shape index (κ1) is 17.1. The average molecular weight is 336 g/mol. The smallest absolute Gasteiger partial charge is 0.171 e. The van der Waals surface area contributed by atoms with Crippen molar-refractivity contribution >= 4 is 23.0 Å². The Morgan fingerprint density at radius 2 is 1.87 bits per heavy atom. The minimum Gasteiger partial charge on any atom is -0.494 e. The van der Waals surface area contributed by atoms with E-state index in [0.717, 1.165) is 5.56 Å². The van der Waals surface area contributed by atoms with Gasteiger partial charge < -0.3 is 15.4 Å². The first-order valence-electron chi connectivity index (χ1n) is 7.08. The molecule has 0 spiro atoms. The molecule has 2 rings (SSSR count). The van der Waals surface area contributed by atoms with Gasteiger partial charge in [0.2, 0.25) is 0 Å². The molecule has 0 bridgehead atoms. The van der Waals surface area contributed by atoms with Gasteiger partial charge in [-0.3, -0.25) is 0 Å². The predicted molar refractivity (Wildman–Crippen MR) is 91.9 cm³/mol. The number of nitrogens with one attached hydrogen (secondary N) is 2. The lowest BCUT2D eigenvalue weighted by molar-refractivity contribution is 0.386. The number of thiocarbonyl (C=S) groups is 1. The zero-order chi connectivity index (χ0) is 17.0. The highest BCUT2D eigenvalue weighted by Gasteiger charge is 2.11. The van der Waals surface area contributed by atoms with Crippen molar-refractivity contribution in [2.24, 2.45) is 0 Å². The van der Waals surface area contributed by atoms with Crippen molar-refractivity contribution in [2.75, 3.05) is 12.4 Å². The van der Waals surface area contributed by atoms with E-state index in [1.165, 1.54) is 19.2 Å². The van der Waals surface area contributed by atoms with Crippen molar-refractivity contribution in [2.45, 2.75) is 19.9 Å². The molecule has 0 aliphatic heterocycles. The standard InChI is InChI=1S/C17H18F2N2OS/c1-10-4-6-13(9-14(10)18)21-17(23)20-11(2)12-5-7-16(22-3)15(19)8-12/h4-9,11H,1-3H3,(H2,20,21,23)/t11-/m1/s1. The molecule has 122 valence electrons. The van der Waals surface area contributed by atoms with Crippen LogP contribution in [0, 0.1) is 18.6 Å². The summed E-state index contributed by atoms with van der Waals surface area (Å²) in [5, 5.41) is 6.27. The van der Waals surface area contributed by atoms with Crippen molar-refractivity contribution in [1.82, 2.24) is 5.32 Å². The molecule has 0 amide bonds. The lowest BCUT2D eigenvalue weighted by atomic mass is 10.1. The lowest BCUT2D eigenvalue weighted by Gasteiger charge is -2.18. The Hall–Kier alpha value is -2.21. The number of rotatable bonds is 4. The fraction of sp³-hybridized carbons (Fsp3) is 0.235. The van der Waals surface area contributed by atoms with Crippen LogP contribution in [0.3, 0.4) is 0 Å². The maximum absolute atomic E-state index is 13.7. The van der Waals surface area contributed by atoms with Gasteiger partial charge in [-0.25, -0.2) is 8.78 Å². The van der Waals surface area contributed by atoms with Crippen molar-refractivity contribution in [3.8, 4) is 5.75 Å². The van der Waals surface area contributed by atoms with Gasteiger partial charge in [-0.1, -0.05) is 12.1 Å². The molecule has 0 saturated heterocycles. The number of aryl methyl sites for hydroxylation is 1. The summed E-state index contributed by atoms with van der Waals surface area (Å²) in [5.74, 6) is -0.544. The summed E-state index contributed by atoms with van der Waals surface area (Å²) in [6, 6.07) is 9.28. The highest BCUT2D eigenvalue weighted by atomic mass is 32.1. The maximum Gasteiger partial charge on any atom is 0.171 e. The predicted octanol–water partition coefficient (Wildman–Crippen LogP) is 4.33. The molecule has 23 heavy (non-hydrogen) atoms. The van der Waals surface area contributed by atoms with E-state index < -0.39 is 5.82 Å². The summed E-state index contributed by atoms with van der Waals surface area (Å²) < 4.78 is 32.1. The SMILES string of the molecule is COc1ccc([C@@H](C)NC(=S)Nc2ccc(C)c(F)c2)cc1F. The molecule has 2 N–H and O–H groups in total. The van der Waals surface area contributed by atoms with Crippen LogP contribution in [0.5, 0.6) is 5.75 Å². The number of hydrogen-bond acceptors (Lipinski definition) is 2. The van der Waals surface area contributed by atoms with Gasteiger partial charge in [0.1, 0.15) is 5.82 Å². The van der Waals surface area contributed by atoms with Gasteiger partial charge in [-0.15, -0.1) is 0 Å². The molecule has 0 fully saturated rings. The highest BCUT2D eigenvalue weighted by molar-refractivity contribution is 7.80. The number of halogens is 2. The monoisotopic (exact) mass is 336 g/mol. The van der Waals surface area contributed by atoms with Gasteiger partial charge in [0.25, 0.3) is 0 Å². The van der Waals surface area contributed by atoms with E-state index in [1.54, 1.807) is 31.2 Å². The Labute approximate surface area is 139 Å². The Balaban J connectivity index is 2.01. The quantitative estimate of drug-likeness (QED) is 0.814. The van der Waals surface area contributed by atoms with Crippen molar-refractivity contribution in [1.29, 1.82) is 0 Å². The molecule has 3 nitrogen and oxygen atoms in total. The largest absolute Gasteiger partial charge is 0.494 e. The Kier molecular flexibility index (Phi) is 5.50. The van der Waals surface area contributed by atoms with Gasteiger partial charge in [0.15, 0.2) is 16.7 Å². The normalized spacial score (nSPS) is 11.7. The van der Waals surface area contributed by atoms with Crippen LogP contribution < -0.4 is 15.4 Å². The van der Waals surface area contributed by atoms with E-state index in [1.807, 2.05) is 6.92 Å². The van der Waals surface area contributed by atoms with Crippen LogP contribution in [0.2, 0.25) is 0 Å². The molecule has 0 radical (unpaired) electrons. The molecule has 0 heterocycles. The minimum atomic E-state index is -0.432. The molecule has 6 heteroatoms. The second-order valence-corrected chi connectivity index (χ2v) is 5.59. The first-order chi connectivity index (χ1) is 10.9. The van der Waals surface area contributed by atoms with Crippen LogP contribution >= 0.6 is 12.2 Å². The maximum atomic E-state index is 13.7. The summed E-state index contributed by atoms with van der Waals surface area (Å²) >= 11 is 5.21. The second kappa shape index (κ2) is 7.37. The first-order valence-corrected chi connectivity index (χ1v) is 7.48. The highest BCUT2D eigenvalue weighted by Crippen LogP contribution is 2.22. The number of ether oxygens (including phenoxy) is 1. The fourth-order valence-electron chi connectivity index (χ4n) is 2.07. The van der Waals surface area contributed by atoms with E-state index in [2.05, 4.69) is 10.6 Å². The molecule has 2 aromatic carbocycles. The number of anilines is 1. The zero-order valence-corrected chi connectivity index (χ0v) is 13.9. The van der Waals surface area contributed by atoms with Crippen LogP contribution in [0.4, 0.5) is 14.5 Å². The van der Waals surface area contributed by atoms with Gasteiger partial charge in [-0.2, -0.15) is 0 Å². The van der Waals surface area contributed by atoms with Gasteiger partial charge in [0, 0.05) is 5.69 Å². The number of benzene rings is 2. The molecule has 0 aliphatic rings. The lowest BCUT2D eigenvalue weighted by Crippen LogP contribution is -2.31. The van der Waals surface area contributed by atoms with Crippen LogP contribution in [-0.4, -0.2) is 12.2 Å². The number of methoxy groups -OCH3 is 1. The number of hydrogen-bond donors (Lipinski definition) is 2. The zero-order valence-electron chi connectivity index (χ0n) is 13.1. The van der Waals surface area contributed by atoms with Crippen molar-refractivity contribution < 1.29 is 13.5 Å². The van der Waals surface area contributed by atoms with E-state index in [9.17, 15) is 8.78 Å². The van der Waals surface area contributed by atoms with Crippen LogP contribution in [0.25, 0.3) is 0 Å². The van der Waals surface area contributed by atoms with E-state index in [4.69, 9.17) is 17.0 Å². The minimum absolute atomic E-state index is 0.191. The van der Waals surface area contributed by atoms with Crippen LogP contribution in [0.15, 0.2) is 36.4 Å². The van der Waals surface area contributed by atoms with Crippen LogP contribution in [-0.2, 0) is 0 Å². The molecule has 1 atom stereocenters. The molecule has 2 aromatic rings. The van der Waals surface area contributed by atoms with Gasteiger partial charge >= 0.3 is 0 Å². The Morgan fingerprint density at radius 1 is 1.13 bits per heavy atom. The van der Waals surface area contributed by atoms with Crippen molar-refractivity contribution in [3.63, 3.8) is 0 Å². The van der Waals surface area contributed by atoms with E-state index >= 15 is 0 Å². The summed E-state index contributed by atoms with van der Waals surface area (Å²) in [7, 11) is 1.42. The van der Waals surface area contributed by atoms with Crippen LogP contribution in [0.1, 0.15) is 24.1 Å². The third kappa shape index (κ3) is 4.39. The Morgan fingerprint density at radius 3 is 2.48 bits per heavy atom. The van der Waals surface area contributed by atoms with Gasteiger partial charge in [-0.05, 0) is 61.5 Å². The average Bonchev–Trinajstić information content (AvgIpc) is 2.50. The summed E-state index contributed by atoms with van der Waals surface area (Å²) in [6.45, 7) is 3.54. The third-order valence-corrected chi connectivity index (χ3v) is 3.67. The van der Waals surface area contributed by atoms with Crippen molar-refractivity contribution in [3.05, 3.63) is 59.2 Å². The molecule has 0 unspecified atom stereocenters. The van der Waals surface area contributed by atoms with E-state index in [0.29, 0.717) is 16.4 Å². The van der Waals surface area contributed by atoms with E-state index in [-0.39, 0.29) is 17.6 Å². The summed E-state index contributed by atoms with van der Waals surface area (Å²) in [6.07, 6.45) is 0. The molecule has 0 aliphatic carbocycles. The summed E-state index contributed by atoms with van der Waals surface area (Å²) in [4.78, 5) is 0. The molecular formula is C17H18F2N2OS. The van der Waals surface area contributed by atoms with Gasteiger partial charge in [0.05, 0.1) is 13.2 Å². The second-order valence-electron chi connectivity index (χ2n) is 5.18. The topological polar surface area (TPSA) is 33.3 Å². The third-order valence-electron chi connectivity index (χ3n) is 3.45. The molecular weight excluding hydrogens is 318 g/mol. The Bertz CT molecular complexity index is 722. The molecule has 0 aromatic heterocycles. The molecule has 0 saturated carbocycles.